The Bertz CT molecular complexity index is 587. The van der Waals surface area contributed by atoms with Crippen LogP contribution in [0.5, 0.6) is 0 Å². The van der Waals surface area contributed by atoms with Gasteiger partial charge in [0.15, 0.2) is 0 Å². The number of rotatable bonds is 16. The Morgan fingerprint density at radius 3 is 1.67 bits per heavy atom. The average Bonchev–Trinajstić information content (AvgIpc) is 2.70. The maximum Gasteiger partial charge on any atom is 0.235 e. The van der Waals surface area contributed by atoms with Crippen LogP contribution in [-0.2, 0) is 14.2 Å². The van der Waals surface area contributed by atoms with Crippen molar-refractivity contribution in [3.63, 3.8) is 0 Å². The number of aliphatic hydroxyl groups is 2. The van der Waals surface area contributed by atoms with Gasteiger partial charge in [0.25, 0.3) is 0 Å². The van der Waals surface area contributed by atoms with Gasteiger partial charge in [-0.25, -0.2) is 0 Å². The van der Waals surface area contributed by atoms with Crippen LogP contribution in [0.4, 0.5) is 17.8 Å². The topological polar surface area (TPSA) is 117 Å². The van der Waals surface area contributed by atoms with E-state index in [9.17, 15) is 10.2 Å². The fraction of sp³-hybridized carbons (Fsp3) is 0.842. The molecule has 0 aromatic carbocycles. The smallest absolute Gasteiger partial charge is 0.235 e. The van der Waals surface area contributed by atoms with Gasteiger partial charge in [-0.1, -0.05) is 13.8 Å². The Balaban J connectivity index is 3.43. The number of aromatic nitrogens is 3. The van der Waals surface area contributed by atoms with Crippen LogP contribution >= 0.6 is 0 Å². The van der Waals surface area contributed by atoms with Gasteiger partial charge in [-0.15, -0.1) is 0 Å². The van der Waals surface area contributed by atoms with Gasteiger partial charge in [-0.2, -0.15) is 15.0 Å². The number of anilines is 3. The van der Waals surface area contributed by atoms with E-state index >= 15 is 0 Å². The second-order valence-corrected chi connectivity index (χ2v) is 7.51. The molecule has 0 atom stereocenters. The highest BCUT2D eigenvalue weighted by atomic mass is 16.5. The first-order valence-corrected chi connectivity index (χ1v) is 10.2. The number of methoxy groups -OCH3 is 2. The number of nitrogens with zero attached hydrogens (tertiary/aromatic N) is 6. The molecule has 0 amide bonds. The van der Waals surface area contributed by atoms with Gasteiger partial charge in [0.2, 0.25) is 17.8 Å². The minimum atomic E-state index is -0.0791. The van der Waals surface area contributed by atoms with E-state index in [0.29, 0.717) is 43.4 Å². The van der Waals surface area contributed by atoms with Crippen molar-refractivity contribution in [3.05, 3.63) is 0 Å². The first-order valence-electron chi connectivity index (χ1n) is 10.2. The summed E-state index contributed by atoms with van der Waals surface area (Å²) in [4.78, 5) is 19.2. The first kappa shape index (κ1) is 26.2. The molecule has 30 heavy (non-hydrogen) atoms. The monoisotopic (exact) mass is 430 g/mol. The van der Waals surface area contributed by atoms with Gasteiger partial charge < -0.3 is 34.2 Å². The molecule has 0 saturated heterocycles. The lowest BCUT2D eigenvalue weighted by atomic mass is 10.2. The van der Waals surface area contributed by atoms with Crippen molar-refractivity contribution in [2.45, 2.75) is 33.8 Å². The van der Waals surface area contributed by atoms with Crippen LogP contribution in [0.1, 0.15) is 27.7 Å². The molecule has 11 heteroatoms. The molecule has 0 spiro atoms. The zero-order valence-corrected chi connectivity index (χ0v) is 19.1. The molecule has 1 rings (SSSR count). The largest absolute Gasteiger partial charge is 0.395 e. The molecule has 2 N–H and O–H groups in total. The van der Waals surface area contributed by atoms with Gasteiger partial charge in [-0.05, 0) is 19.8 Å². The summed E-state index contributed by atoms with van der Waals surface area (Å²) >= 11 is 0. The number of hydrogen-bond acceptors (Lipinski definition) is 11. The first-order chi connectivity index (χ1) is 14.4. The molecule has 0 saturated carbocycles. The second kappa shape index (κ2) is 14.3. The van der Waals surface area contributed by atoms with Crippen molar-refractivity contribution in [2.75, 3.05) is 82.0 Å². The Morgan fingerprint density at radius 1 is 0.733 bits per heavy atom. The van der Waals surface area contributed by atoms with Gasteiger partial charge >= 0.3 is 0 Å². The van der Waals surface area contributed by atoms with E-state index in [1.54, 1.807) is 24.0 Å². The highest BCUT2D eigenvalue weighted by Gasteiger charge is 2.21. The molecule has 0 aliphatic carbocycles. The summed E-state index contributed by atoms with van der Waals surface area (Å²) in [7, 11) is 3.16. The Hall–Kier alpha value is -1.79. The van der Waals surface area contributed by atoms with E-state index in [1.807, 2.05) is 18.7 Å². The highest BCUT2D eigenvalue weighted by molar-refractivity contribution is 5.46. The molecule has 0 aliphatic heterocycles. The molecule has 0 bridgehead atoms. The molecule has 0 unspecified atom stereocenters. The molecule has 174 valence electrons. The Morgan fingerprint density at radius 2 is 1.20 bits per heavy atom. The van der Waals surface area contributed by atoms with Crippen molar-refractivity contribution in [3.8, 4) is 0 Å². The van der Waals surface area contributed by atoms with Crippen LogP contribution in [0.3, 0.4) is 0 Å². The number of hydrogen-bond donors (Lipinski definition) is 2. The molecular formula is C19H38N6O5. The molecule has 1 aromatic heterocycles. The molecule has 1 heterocycles. The molecule has 11 nitrogen and oxygen atoms in total. The van der Waals surface area contributed by atoms with Crippen LogP contribution in [-0.4, -0.2) is 98.5 Å². The number of ether oxygens (including phenoxy) is 3. The summed E-state index contributed by atoms with van der Waals surface area (Å²) in [6.45, 7) is 9.99. The molecule has 1 aromatic rings. The molecular weight excluding hydrogens is 392 g/mol. The third-order valence-electron chi connectivity index (χ3n) is 3.91. The van der Waals surface area contributed by atoms with Crippen molar-refractivity contribution >= 4 is 17.8 Å². The van der Waals surface area contributed by atoms with E-state index in [2.05, 4.69) is 28.8 Å². The van der Waals surface area contributed by atoms with E-state index in [4.69, 9.17) is 14.2 Å². The third kappa shape index (κ3) is 8.92. The summed E-state index contributed by atoms with van der Waals surface area (Å²) < 4.78 is 16.3. The predicted molar refractivity (Wildman–Crippen MR) is 116 cm³/mol. The van der Waals surface area contributed by atoms with Crippen molar-refractivity contribution in [2.24, 2.45) is 5.92 Å². The van der Waals surface area contributed by atoms with Gasteiger partial charge in [0.05, 0.1) is 19.3 Å². The van der Waals surface area contributed by atoms with Crippen LogP contribution < -0.4 is 14.7 Å². The van der Waals surface area contributed by atoms with Gasteiger partial charge in [-0.3, -0.25) is 4.90 Å². The van der Waals surface area contributed by atoms with Crippen LogP contribution in [0.2, 0.25) is 0 Å². The summed E-state index contributed by atoms with van der Waals surface area (Å²) in [5, 5.41) is 19.0. The van der Waals surface area contributed by atoms with Crippen LogP contribution in [0, 0.1) is 5.92 Å². The van der Waals surface area contributed by atoms with Crippen molar-refractivity contribution in [1.82, 2.24) is 15.0 Å². The normalized spacial score (nSPS) is 11.4. The van der Waals surface area contributed by atoms with E-state index in [-0.39, 0.29) is 39.5 Å². The van der Waals surface area contributed by atoms with Crippen LogP contribution in [0.15, 0.2) is 0 Å². The fourth-order valence-electron chi connectivity index (χ4n) is 2.65. The average molecular weight is 431 g/mol. The SMILES string of the molecule is COCN(CCO)c1nc(N(COC)COC(C)C)nc(N(CCO)CC(C)C)n1. The Labute approximate surface area is 179 Å². The standard InChI is InChI=1S/C19H38N6O5/c1-15(2)11-23(7-9-26)17-20-18(24(8-10-27)12-28-5)22-19(21-17)25(13-29-6)14-30-16(3)4/h15-16,26-27H,7-14H2,1-6H3. The zero-order valence-electron chi connectivity index (χ0n) is 19.1. The maximum absolute atomic E-state index is 9.54. The molecule has 0 fully saturated rings. The van der Waals surface area contributed by atoms with Gasteiger partial charge in [0.1, 0.15) is 20.2 Å². The summed E-state index contributed by atoms with van der Waals surface area (Å²) in [6, 6.07) is 0. The molecule has 0 aliphatic rings. The number of aliphatic hydroxyl groups excluding tert-OH is 2. The Kier molecular flexibility index (Phi) is 12.5. The molecule has 0 radical (unpaired) electrons. The lowest BCUT2D eigenvalue weighted by Crippen LogP contribution is -2.37. The lowest BCUT2D eigenvalue weighted by Gasteiger charge is -2.29. The minimum Gasteiger partial charge on any atom is -0.395 e. The second-order valence-electron chi connectivity index (χ2n) is 7.51. The maximum atomic E-state index is 9.54. The minimum absolute atomic E-state index is 0.0244. The summed E-state index contributed by atoms with van der Waals surface area (Å²) in [6.07, 6.45) is 0.0244. The quantitative estimate of drug-likeness (QED) is 0.358. The highest BCUT2D eigenvalue weighted by Crippen LogP contribution is 2.20. The lowest BCUT2D eigenvalue weighted by molar-refractivity contribution is 0.0616. The fourth-order valence-corrected chi connectivity index (χ4v) is 2.65. The third-order valence-corrected chi connectivity index (χ3v) is 3.91. The summed E-state index contributed by atoms with van der Waals surface area (Å²) in [5.74, 6) is 1.51. The summed E-state index contributed by atoms with van der Waals surface area (Å²) in [5.41, 5.74) is 0. The van der Waals surface area contributed by atoms with Crippen molar-refractivity contribution in [1.29, 1.82) is 0 Å². The van der Waals surface area contributed by atoms with Crippen molar-refractivity contribution < 1.29 is 24.4 Å². The van der Waals surface area contributed by atoms with Gasteiger partial charge in [0, 0.05) is 33.9 Å². The van der Waals surface area contributed by atoms with E-state index < -0.39 is 0 Å². The predicted octanol–water partition coefficient (Wildman–Crippen LogP) is 0.522. The zero-order chi connectivity index (χ0) is 22.5. The van der Waals surface area contributed by atoms with Crippen LogP contribution in [0.25, 0.3) is 0 Å². The van der Waals surface area contributed by atoms with E-state index in [0.717, 1.165) is 0 Å². The van der Waals surface area contributed by atoms with E-state index in [1.165, 1.54) is 0 Å².